The van der Waals surface area contributed by atoms with Gasteiger partial charge in [-0.3, -0.25) is 9.59 Å². The van der Waals surface area contributed by atoms with Crippen molar-refractivity contribution in [2.75, 3.05) is 26.7 Å². The van der Waals surface area contributed by atoms with E-state index in [1.807, 2.05) is 13.8 Å². The number of methoxy groups -OCH3 is 1. The smallest absolute Gasteiger partial charge is 0.323 e. The van der Waals surface area contributed by atoms with Crippen molar-refractivity contribution in [1.29, 1.82) is 0 Å². The largest absolute Gasteiger partial charge is 0.480 e. The predicted octanol–water partition coefficient (Wildman–Crippen LogP) is -0.0675. The zero-order chi connectivity index (χ0) is 13.7. The predicted molar refractivity (Wildman–Crippen MR) is 66.3 cm³/mol. The van der Waals surface area contributed by atoms with E-state index in [-0.39, 0.29) is 30.5 Å². The van der Waals surface area contributed by atoms with E-state index >= 15 is 0 Å². The van der Waals surface area contributed by atoms with Gasteiger partial charge in [0.15, 0.2) is 0 Å². The van der Waals surface area contributed by atoms with Gasteiger partial charge >= 0.3 is 5.97 Å². The van der Waals surface area contributed by atoms with Crippen LogP contribution in [0.2, 0.25) is 0 Å². The molecular weight excluding hydrogens is 236 g/mol. The zero-order valence-corrected chi connectivity index (χ0v) is 11.2. The molecule has 2 unspecified atom stereocenters. The van der Waals surface area contributed by atoms with Gasteiger partial charge in [0.05, 0.1) is 12.1 Å². The summed E-state index contributed by atoms with van der Waals surface area (Å²) in [7, 11) is 1.61. The normalized spacial score (nSPS) is 23.3. The first kappa shape index (κ1) is 14.9. The summed E-state index contributed by atoms with van der Waals surface area (Å²) in [6.07, 6.45) is 0.633. The molecule has 0 saturated carbocycles. The third kappa shape index (κ3) is 4.27. The van der Waals surface area contributed by atoms with Crippen LogP contribution < -0.4 is 5.32 Å². The molecule has 0 aromatic carbocycles. The molecule has 18 heavy (non-hydrogen) atoms. The number of rotatable bonds is 6. The van der Waals surface area contributed by atoms with Gasteiger partial charge in [0.2, 0.25) is 5.91 Å². The van der Waals surface area contributed by atoms with Crippen LogP contribution in [-0.4, -0.2) is 60.8 Å². The van der Waals surface area contributed by atoms with E-state index in [2.05, 4.69) is 5.32 Å². The minimum absolute atomic E-state index is 0.0321. The Balaban J connectivity index is 2.61. The van der Waals surface area contributed by atoms with Crippen molar-refractivity contribution in [2.24, 2.45) is 5.92 Å². The first-order chi connectivity index (χ1) is 8.43. The van der Waals surface area contributed by atoms with Gasteiger partial charge in [-0.1, -0.05) is 13.8 Å². The third-order valence-electron chi connectivity index (χ3n) is 2.95. The number of amides is 1. The molecule has 0 radical (unpaired) electrons. The summed E-state index contributed by atoms with van der Waals surface area (Å²) >= 11 is 0. The van der Waals surface area contributed by atoms with Crippen molar-refractivity contribution < 1.29 is 19.4 Å². The lowest BCUT2D eigenvalue weighted by molar-refractivity contribution is -0.145. The average Bonchev–Trinajstić information content (AvgIpc) is 2.74. The van der Waals surface area contributed by atoms with E-state index in [0.29, 0.717) is 19.5 Å². The fourth-order valence-electron chi connectivity index (χ4n) is 2.13. The number of carboxylic acid groups (broad SMARTS) is 1. The number of hydrogen-bond acceptors (Lipinski definition) is 4. The summed E-state index contributed by atoms with van der Waals surface area (Å²) in [5.74, 6) is -0.885. The van der Waals surface area contributed by atoms with Gasteiger partial charge in [0, 0.05) is 20.2 Å². The van der Waals surface area contributed by atoms with Gasteiger partial charge in [-0.25, -0.2) is 0 Å². The molecular formula is C12H22N2O4. The van der Waals surface area contributed by atoms with Crippen LogP contribution in [0.5, 0.6) is 0 Å². The van der Waals surface area contributed by atoms with Crippen LogP contribution in [-0.2, 0) is 14.3 Å². The van der Waals surface area contributed by atoms with Crippen molar-refractivity contribution in [3.63, 3.8) is 0 Å². The van der Waals surface area contributed by atoms with Gasteiger partial charge in [-0.15, -0.1) is 0 Å². The summed E-state index contributed by atoms with van der Waals surface area (Å²) in [5, 5.41) is 11.9. The van der Waals surface area contributed by atoms with Crippen LogP contribution in [0.1, 0.15) is 20.3 Å². The molecule has 0 aromatic heterocycles. The van der Waals surface area contributed by atoms with Crippen molar-refractivity contribution in [3.05, 3.63) is 0 Å². The molecule has 1 rings (SSSR count). The molecule has 0 bridgehead atoms. The monoisotopic (exact) mass is 258 g/mol. The molecule has 1 saturated heterocycles. The first-order valence-corrected chi connectivity index (χ1v) is 6.20. The maximum atomic E-state index is 12.2. The number of ether oxygens (including phenoxy) is 1. The molecule has 104 valence electrons. The maximum absolute atomic E-state index is 12.2. The summed E-state index contributed by atoms with van der Waals surface area (Å²) in [6.45, 7) is 4.77. The van der Waals surface area contributed by atoms with Gasteiger partial charge < -0.3 is 20.1 Å². The number of aliphatic carboxylic acids is 1. The zero-order valence-electron chi connectivity index (χ0n) is 11.2. The lowest BCUT2D eigenvalue weighted by Gasteiger charge is -2.25. The molecule has 2 N–H and O–H groups in total. The van der Waals surface area contributed by atoms with Crippen LogP contribution in [0, 0.1) is 5.92 Å². The van der Waals surface area contributed by atoms with Gasteiger partial charge in [-0.05, 0) is 12.3 Å². The van der Waals surface area contributed by atoms with Gasteiger partial charge in [0.25, 0.3) is 0 Å². The molecule has 1 aliphatic heterocycles. The highest BCUT2D eigenvalue weighted by Gasteiger charge is 2.33. The molecule has 2 atom stereocenters. The summed E-state index contributed by atoms with van der Waals surface area (Å²) < 4.78 is 5.18. The molecule has 0 spiro atoms. The number of carboxylic acids is 1. The Morgan fingerprint density at radius 3 is 2.61 bits per heavy atom. The number of carbonyl (C=O) groups excluding carboxylic acids is 1. The van der Waals surface area contributed by atoms with Crippen LogP contribution in [0.3, 0.4) is 0 Å². The van der Waals surface area contributed by atoms with E-state index in [1.54, 1.807) is 7.11 Å². The average molecular weight is 258 g/mol. The van der Waals surface area contributed by atoms with Crippen LogP contribution in [0.25, 0.3) is 0 Å². The van der Waals surface area contributed by atoms with E-state index < -0.39 is 5.97 Å². The van der Waals surface area contributed by atoms with Gasteiger partial charge in [-0.2, -0.15) is 0 Å². The lowest BCUT2D eigenvalue weighted by atomic mass is 10.1. The molecule has 6 nitrogen and oxygen atoms in total. The van der Waals surface area contributed by atoms with E-state index in [9.17, 15) is 9.59 Å². The Labute approximate surface area is 107 Å². The van der Waals surface area contributed by atoms with Crippen LogP contribution in [0.4, 0.5) is 0 Å². The second-order valence-corrected chi connectivity index (χ2v) is 5.06. The molecule has 0 aliphatic carbocycles. The Morgan fingerprint density at radius 1 is 1.50 bits per heavy atom. The lowest BCUT2D eigenvalue weighted by Crippen LogP contribution is -2.47. The molecule has 1 fully saturated rings. The Hall–Kier alpha value is -1.14. The summed E-state index contributed by atoms with van der Waals surface area (Å²) in [5.41, 5.74) is 0. The summed E-state index contributed by atoms with van der Waals surface area (Å²) in [6, 6.07) is -0.326. The van der Waals surface area contributed by atoms with Crippen molar-refractivity contribution in [2.45, 2.75) is 32.4 Å². The first-order valence-electron chi connectivity index (χ1n) is 6.20. The standard InChI is InChI=1S/C12H22N2O4/c1-8(2)6-14(7-11(15)16)12(17)10-4-9(18-3)5-13-10/h8-10,13H,4-7H2,1-3H3,(H,15,16). The minimum Gasteiger partial charge on any atom is -0.480 e. The van der Waals surface area contributed by atoms with E-state index in [1.165, 1.54) is 4.90 Å². The molecule has 6 heteroatoms. The highest BCUT2D eigenvalue weighted by molar-refractivity contribution is 5.85. The van der Waals surface area contributed by atoms with E-state index in [4.69, 9.17) is 9.84 Å². The SMILES string of the molecule is COC1CNC(C(=O)N(CC(=O)O)CC(C)C)C1. The van der Waals surface area contributed by atoms with Crippen LogP contribution in [0.15, 0.2) is 0 Å². The molecule has 1 heterocycles. The van der Waals surface area contributed by atoms with E-state index in [0.717, 1.165) is 0 Å². The third-order valence-corrected chi connectivity index (χ3v) is 2.95. The molecule has 1 aliphatic rings. The van der Waals surface area contributed by atoms with Crippen molar-refractivity contribution in [1.82, 2.24) is 10.2 Å². The highest BCUT2D eigenvalue weighted by Crippen LogP contribution is 2.13. The second-order valence-electron chi connectivity index (χ2n) is 5.06. The minimum atomic E-state index is -0.981. The maximum Gasteiger partial charge on any atom is 0.323 e. The fourth-order valence-corrected chi connectivity index (χ4v) is 2.13. The van der Waals surface area contributed by atoms with Crippen molar-refractivity contribution >= 4 is 11.9 Å². The highest BCUT2D eigenvalue weighted by atomic mass is 16.5. The number of nitrogens with one attached hydrogen (secondary N) is 1. The Kier molecular flexibility index (Phi) is 5.55. The number of hydrogen-bond donors (Lipinski definition) is 2. The Bertz CT molecular complexity index is 306. The topological polar surface area (TPSA) is 78.9 Å². The van der Waals surface area contributed by atoms with Crippen LogP contribution >= 0.6 is 0 Å². The van der Waals surface area contributed by atoms with Crippen molar-refractivity contribution in [3.8, 4) is 0 Å². The Morgan fingerprint density at radius 2 is 2.17 bits per heavy atom. The molecule has 1 amide bonds. The van der Waals surface area contributed by atoms with Gasteiger partial charge in [0.1, 0.15) is 6.54 Å². The quantitative estimate of drug-likeness (QED) is 0.697. The molecule has 0 aromatic rings. The fraction of sp³-hybridized carbons (Fsp3) is 0.833. The number of nitrogens with zero attached hydrogens (tertiary/aromatic N) is 1. The summed E-state index contributed by atoms with van der Waals surface area (Å²) in [4.78, 5) is 24.4. The second kappa shape index (κ2) is 6.70. The number of carbonyl (C=O) groups is 2.